The van der Waals surface area contributed by atoms with Crippen LogP contribution in [0.15, 0.2) is 33.2 Å². The second kappa shape index (κ2) is 6.50. The summed E-state index contributed by atoms with van der Waals surface area (Å²) in [6, 6.07) is 7.85. The van der Waals surface area contributed by atoms with Crippen molar-refractivity contribution in [3.8, 4) is 11.5 Å². The lowest BCUT2D eigenvalue weighted by molar-refractivity contribution is 0.471. The fraction of sp³-hybridized carbons (Fsp3) is 0.467. The summed E-state index contributed by atoms with van der Waals surface area (Å²) in [5.74, 6) is 2.21. The molecular weight excluding hydrogens is 318 g/mol. The Kier molecular flexibility index (Phi) is 4.47. The molecule has 0 aliphatic heterocycles. The summed E-state index contributed by atoms with van der Waals surface area (Å²) in [6.07, 6.45) is 5.44. The molecule has 0 bridgehead atoms. The quantitative estimate of drug-likeness (QED) is 0.782. The lowest BCUT2D eigenvalue weighted by Gasteiger charge is -2.00. The Hall–Kier alpha value is -1.20. The first-order chi connectivity index (χ1) is 9.83. The van der Waals surface area contributed by atoms with Crippen LogP contribution in [0.25, 0.3) is 11.5 Å². The van der Waals surface area contributed by atoms with E-state index in [0.717, 1.165) is 22.5 Å². The lowest BCUT2D eigenvalue weighted by Crippen LogP contribution is -2.15. The third kappa shape index (κ3) is 3.67. The van der Waals surface area contributed by atoms with Crippen molar-refractivity contribution >= 4 is 15.9 Å². The number of rotatable bonds is 7. The summed E-state index contributed by atoms with van der Waals surface area (Å²) in [5, 5.41) is 11.5. The van der Waals surface area contributed by atoms with Crippen molar-refractivity contribution in [2.45, 2.75) is 32.2 Å². The molecule has 1 aliphatic rings. The van der Waals surface area contributed by atoms with Crippen LogP contribution in [0, 0.1) is 5.92 Å². The number of aromatic nitrogens is 2. The molecule has 3 rings (SSSR count). The monoisotopic (exact) mass is 335 g/mol. The van der Waals surface area contributed by atoms with E-state index in [1.165, 1.54) is 25.7 Å². The van der Waals surface area contributed by atoms with Gasteiger partial charge in [-0.2, -0.15) is 0 Å². The van der Waals surface area contributed by atoms with E-state index in [1.54, 1.807) is 0 Å². The van der Waals surface area contributed by atoms with E-state index < -0.39 is 0 Å². The van der Waals surface area contributed by atoms with Crippen molar-refractivity contribution in [1.29, 1.82) is 0 Å². The number of halogens is 1. The smallest absolute Gasteiger partial charge is 0.248 e. The number of hydrogen-bond acceptors (Lipinski definition) is 4. The third-order valence-electron chi connectivity index (χ3n) is 3.51. The molecule has 20 heavy (non-hydrogen) atoms. The van der Waals surface area contributed by atoms with Gasteiger partial charge < -0.3 is 9.73 Å². The van der Waals surface area contributed by atoms with Gasteiger partial charge in [-0.1, -0.05) is 25.0 Å². The summed E-state index contributed by atoms with van der Waals surface area (Å²) in [5.41, 5.74) is 0.931. The van der Waals surface area contributed by atoms with Crippen molar-refractivity contribution < 1.29 is 4.42 Å². The van der Waals surface area contributed by atoms with Crippen molar-refractivity contribution in [2.75, 3.05) is 6.54 Å². The molecule has 0 radical (unpaired) electrons. The summed E-state index contributed by atoms with van der Waals surface area (Å²) in [7, 11) is 0. The highest BCUT2D eigenvalue weighted by Crippen LogP contribution is 2.33. The Morgan fingerprint density at radius 1 is 1.25 bits per heavy atom. The molecule has 1 aliphatic carbocycles. The molecular formula is C15H18BrN3O. The van der Waals surface area contributed by atoms with E-state index in [2.05, 4.69) is 31.4 Å². The topological polar surface area (TPSA) is 51.0 Å². The van der Waals surface area contributed by atoms with Gasteiger partial charge in [0.05, 0.1) is 12.1 Å². The van der Waals surface area contributed by atoms with Crippen molar-refractivity contribution in [2.24, 2.45) is 5.92 Å². The molecule has 0 amide bonds. The number of hydrogen-bond donors (Lipinski definition) is 1. The minimum atomic E-state index is 0.562. The van der Waals surface area contributed by atoms with Gasteiger partial charge in [-0.25, -0.2) is 0 Å². The molecule has 2 aromatic rings. The zero-order valence-corrected chi connectivity index (χ0v) is 12.9. The van der Waals surface area contributed by atoms with Crippen molar-refractivity contribution in [3.05, 3.63) is 34.6 Å². The average molecular weight is 336 g/mol. The van der Waals surface area contributed by atoms with Gasteiger partial charge in [0, 0.05) is 4.47 Å². The summed E-state index contributed by atoms with van der Waals surface area (Å²) < 4.78 is 6.64. The lowest BCUT2D eigenvalue weighted by atomic mass is 10.2. The molecule has 106 valence electrons. The molecule has 1 aromatic heterocycles. The molecule has 1 saturated carbocycles. The summed E-state index contributed by atoms with van der Waals surface area (Å²) in [4.78, 5) is 0. The molecule has 0 spiro atoms. The second-order valence-corrected chi connectivity index (χ2v) is 6.10. The Morgan fingerprint density at radius 3 is 2.90 bits per heavy atom. The van der Waals surface area contributed by atoms with Crippen molar-refractivity contribution in [3.63, 3.8) is 0 Å². The van der Waals surface area contributed by atoms with E-state index in [0.29, 0.717) is 18.3 Å². The molecule has 1 aromatic carbocycles. The van der Waals surface area contributed by atoms with Crippen LogP contribution in [0.5, 0.6) is 0 Å². The van der Waals surface area contributed by atoms with Crippen LogP contribution in [-0.2, 0) is 6.54 Å². The predicted molar refractivity (Wildman–Crippen MR) is 81.1 cm³/mol. The fourth-order valence-electron chi connectivity index (χ4n) is 2.19. The van der Waals surface area contributed by atoms with Crippen LogP contribution >= 0.6 is 15.9 Å². The normalized spacial score (nSPS) is 14.7. The van der Waals surface area contributed by atoms with Crippen LogP contribution in [0.3, 0.4) is 0 Å². The SMILES string of the molecule is Brc1ccccc1-c1nnc(CNCCCC2CC2)o1. The van der Waals surface area contributed by atoms with Gasteiger partial charge in [-0.15, -0.1) is 10.2 Å². The highest BCUT2D eigenvalue weighted by molar-refractivity contribution is 9.10. The van der Waals surface area contributed by atoms with E-state index in [9.17, 15) is 0 Å². The fourth-order valence-corrected chi connectivity index (χ4v) is 2.64. The van der Waals surface area contributed by atoms with Gasteiger partial charge in [0.15, 0.2) is 0 Å². The average Bonchev–Trinajstić information content (AvgIpc) is 3.16. The van der Waals surface area contributed by atoms with Crippen LogP contribution in [0.4, 0.5) is 0 Å². The van der Waals surface area contributed by atoms with Crippen LogP contribution in [0.1, 0.15) is 31.6 Å². The summed E-state index contributed by atoms with van der Waals surface area (Å²) in [6.45, 7) is 1.66. The van der Waals surface area contributed by atoms with Gasteiger partial charge in [-0.05, 0) is 53.4 Å². The molecule has 4 nitrogen and oxygen atoms in total. The second-order valence-electron chi connectivity index (χ2n) is 5.24. The third-order valence-corrected chi connectivity index (χ3v) is 4.20. The first-order valence-electron chi connectivity index (χ1n) is 7.11. The van der Waals surface area contributed by atoms with E-state index >= 15 is 0 Å². The molecule has 1 fully saturated rings. The Bertz CT molecular complexity index is 566. The van der Waals surface area contributed by atoms with Gasteiger partial charge >= 0.3 is 0 Å². The van der Waals surface area contributed by atoms with Gasteiger partial charge in [0.2, 0.25) is 11.8 Å². The van der Waals surface area contributed by atoms with E-state index in [1.807, 2.05) is 24.3 Å². The van der Waals surface area contributed by atoms with Gasteiger partial charge in [-0.3, -0.25) is 0 Å². The molecule has 0 saturated heterocycles. The van der Waals surface area contributed by atoms with Crippen molar-refractivity contribution in [1.82, 2.24) is 15.5 Å². The predicted octanol–water partition coefficient (Wildman–Crippen LogP) is 3.78. The number of nitrogens with one attached hydrogen (secondary N) is 1. The van der Waals surface area contributed by atoms with Gasteiger partial charge in [0.25, 0.3) is 0 Å². The minimum absolute atomic E-state index is 0.562. The Balaban J connectivity index is 1.50. The maximum atomic E-state index is 5.68. The zero-order valence-electron chi connectivity index (χ0n) is 11.3. The van der Waals surface area contributed by atoms with Crippen LogP contribution in [0.2, 0.25) is 0 Å². The first-order valence-corrected chi connectivity index (χ1v) is 7.90. The van der Waals surface area contributed by atoms with Crippen LogP contribution in [-0.4, -0.2) is 16.7 Å². The maximum absolute atomic E-state index is 5.68. The molecule has 1 heterocycles. The standard InChI is InChI=1S/C15H18BrN3O/c16-13-6-2-1-5-12(13)15-19-18-14(20-15)10-17-9-3-4-11-7-8-11/h1-2,5-6,11,17H,3-4,7-10H2. The van der Waals surface area contributed by atoms with Gasteiger partial charge in [0.1, 0.15) is 0 Å². The van der Waals surface area contributed by atoms with E-state index in [-0.39, 0.29) is 0 Å². The molecule has 5 heteroatoms. The summed E-state index contributed by atoms with van der Waals surface area (Å²) >= 11 is 3.49. The Labute approximate surface area is 127 Å². The largest absolute Gasteiger partial charge is 0.419 e. The van der Waals surface area contributed by atoms with E-state index in [4.69, 9.17) is 4.42 Å². The molecule has 1 N–H and O–H groups in total. The molecule has 0 atom stereocenters. The maximum Gasteiger partial charge on any atom is 0.248 e. The number of nitrogens with zero attached hydrogens (tertiary/aromatic N) is 2. The van der Waals surface area contributed by atoms with Crippen LogP contribution < -0.4 is 5.32 Å². The molecule has 0 unspecified atom stereocenters. The first kappa shape index (κ1) is 13.8. The zero-order chi connectivity index (χ0) is 13.8. The number of benzene rings is 1. The highest BCUT2D eigenvalue weighted by Gasteiger charge is 2.19. The Morgan fingerprint density at radius 2 is 2.10 bits per heavy atom. The highest BCUT2D eigenvalue weighted by atomic mass is 79.9. The minimum Gasteiger partial charge on any atom is -0.419 e.